The van der Waals surface area contributed by atoms with E-state index in [1.165, 1.54) is 0 Å². The predicted molar refractivity (Wildman–Crippen MR) is 54.3 cm³/mol. The SMILES string of the molecule is CNC(c1cc(C(F)(F)F)cc(C(F)(F)F)c1)C(F)F. The molecule has 0 aromatic heterocycles. The highest BCUT2D eigenvalue weighted by Crippen LogP contribution is 2.38. The summed E-state index contributed by atoms with van der Waals surface area (Å²) in [6.45, 7) is 0. The lowest BCUT2D eigenvalue weighted by molar-refractivity contribution is -0.143. The zero-order valence-corrected chi connectivity index (χ0v) is 9.91. The third kappa shape index (κ3) is 3.81. The molecule has 0 aliphatic carbocycles. The molecule has 0 aliphatic rings. The summed E-state index contributed by atoms with van der Waals surface area (Å²) < 4.78 is 100. The fourth-order valence-electron chi connectivity index (χ4n) is 1.60. The molecule has 20 heavy (non-hydrogen) atoms. The second kappa shape index (κ2) is 5.55. The second-order valence-corrected chi connectivity index (χ2v) is 3.94. The van der Waals surface area contributed by atoms with E-state index < -0.39 is 41.5 Å². The van der Waals surface area contributed by atoms with Crippen LogP contribution in [0.1, 0.15) is 22.7 Å². The van der Waals surface area contributed by atoms with E-state index in [0.29, 0.717) is 0 Å². The number of hydrogen-bond donors (Lipinski definition) is 1. The molecule has 0 saturated heterocycles. The molecular weight excluding hydrogens is 298 g/mol. The van der Waals surface area contributed by atoms with Crippen molar-refractivity contribution in [2.75, 3.05) is 7.05 Å². The molecular formula is C11H9F8N. The van der Waals surface area contributed by atoms with Gasteiger partial charge in [-0.1, -0.05) is 0 Å². The first-order chi connectivity index (χ1) is 8.96. The van der Waals surface area contributed by atoms with E-state index >= 15 is 0 Å². The summed E-state index contributed by atoms with van der Waals surface area (Å²) in [6, 6.07) is -1.47. The van der Waals surface area contributed by atoms with E-state index in [0.717, 1.165) is 7.05 Å². The number of hydrogen-bond acceptors (Lipinski definition) is 1. The van der Waals surface area contributed by atoms with Crippen LogP contribution in [0.5, 0.6) is 0 Å². The Hall–Kier alpha value is -1.38. The lowest BCUT2D eigenvalue weighted by Crippen LogP contribution is -2.25. The van der Waals surface area contributed by atoms with Gasteiger partial charge in [0.15, 0.2) is 0 Å². The molecule has 0 saturated carbocycles. The quantitative estimate of drug-likeness (QED) is 0.823. The molecule has 1 nitrogen and oxygen atoms in total. The molecule has 0 spiro atoms. The molecule has 0 aliphatic heterocycles. The van der Waals surface area contributed by atoms with Crippen molar-refractivity contribution in [1.29, 1.82) is 0 Å². The van der Waals surface area contributed by atoms with Crippen LogP contribution in [0.4, 0.5) is 35.1 Å². The van der Waals surface area contributed by atoms with Gasteiger partial charge >= 0.3 is 12.4 Å². The summed E-state index contributed by atoms with van der Waals surface area (Å²) in [4.78, 5) is 0. The van der Waals surface area contributed by atoms with Gasteiger partial charge in [-0.15, -0.1) is 0 Å². The van der Waals surface area contributed by atoms with Gasteiger partial charge < -0.3 is 5.32 Å². The van der Waals surface area contributed by atoms with Crippen LogP contribution in [0.2, 0.25) is 0 Å². The molecule has 0 heterocycles. The van der Waals surface area contributed by atoms with Gasteiger partial charge in [0.1, 0.15) is 0 Å². The molecule has 1 rings (SSSR count). The van der Waals surface area contributed by atoms with Gasteiger partial charge in [-0.3, -0.25) is 0 Å². The van der Waals surface area contributed by atoms with Crippen molar-refractivity contribution < 1.29 is 35.1 Å². The third-order valence-corrected chi connectivity index (χ3v) is 2.53. The van der Waals surface area contributed by atoms with Gasteiger partial charge in [0.2, 0.25) is 0 Å². The van der Waals surface area contributed by atoms with Gasteiger partial charge in [0.05, 0.1) is 17.2 Å². The highest BCUT2D eigenvalue weighted by Gasteiger charge is 2.38. The summed E-state index contributed by atoms with van der Waals surface area (Å²) in [6.07, 6.45) is -13.3. The minimum absolute atomic E-state index is 0.109. The lowest BCUT2D eigenvalue weighted by Gasteiger charge is -2.19. The molecule has 1 aromatic rings. The van der Waals surface area contributed by atoms with Crippen LogP contribution in [0.3, 0.4) is 0 Å². The molecule has 9 heteroatoms. The second-order valence-electron chi connectivity index (χ2n) is 3.94. The summed E-state index contributed by atoms with van der Waals surface area (Å²) >= 11 is 0. The van der Waals surface area contributed by atoms with Gasteiger partial charge in [-0.05, 0) is 30.8 Å². The van der Waals surface area contributed by atoms with Gasteiger partial charge in [0, 0.05) is 0 Å². The first-order valence-electron chi connectivity index (χ1n) is 5.21. The number of alkyl halides is 8. The van der Waals surface area contributed by atoms with E-state index in [9.17, 15) is 35.1 Å². The Balaban J connectivity index is 3.45. The predicted octanol–water partition coefficient (Wildman–Crippen LogP) is 4.25. The number of halogens is 8. The largest absolute Gasteiger partial charge is 0.416 e. The smallest absolute Gasteiger partial charge is 0.308 e. The molecule has 0 fully saturated rings. The van der Waals surface area contributed by atoms with Crippen molar-refractivity contribution in [3.8, 4) is 0 Å². The molecule has 0 bridgehead atoms. The zero-order valence-electron chi connectivity index (χ0n) is 9.91. The van der Waals surface area contributed by atoms with Crippen LogP contribution in [0.15, 0.2) is 18.2 Å². The van der Waals surface area contributed by atoms with Crippen LogP contribution in [0.25, 0.3) is 0 Å². The Morgan fingerprint density at radius 3 is 1.50 bits per heavy atom. The summed E-state index contributed by atoms with van der Waals surface area (Å²) in [5.74, 6) is 0. The van der Waals surface area contributed by atoms with Crippen LogP contribution in [0, 0.1) is 0 Å². The minimum Gasteiger partial charge on any atom is -0.308 e. The van der Waals surface area contributed by atoms with Gasteiger partial charge in [0.25, 0.3) is 6.43 Å². The Morgan fingerprint density at radius 2 is 1.25 bits per heavy atom. The molecule has 1 atom stereocenters. The highest BCUT2D eigenvalue weighted by atomic mass is 19.4. The highest BCUT2D eigenvalue weighted by molar-refractivity contribution is 5.35. The fraction of sp³-hybridized carbons (Fsp3) is 0.455. The Kier molecular flexibility index (Phi) is 4.62. The van der Waals surface area contributed by atoms with E-state index in [1.807, 2.05) is 5.32 Å². The van der Waals surface area contributed by atoms with Crippen molar-refractivity contribution in [2.24, 2.45) is 0 Å². The zero-order chi connectivity index (χ0) is 15.7. The first kappa shape index (κ1) is 16.7. The van der Waals surface area contributed by atoms with Crippen molar-refractivity contribution in [2.45, 2.75) is 24.8 Å². The van der Waals surface area contributed by atoms with Crippen molar-refractivity contribution in [3.05, 3.63) is 34.9 Å². The summed E-state index contributed by atoms with van der Waals surface area (Å²) in [5, 5.41) is 1.99. The molecule has 1 unspecified atom stereocenters. The van der Waals surface area contributed by atoms with E-state index in [4.69, 9.17) is 0 Å². The maximum Gasteiger partial charge on any atom is 0.416 e. The molecule has 0 amide bonds. The van der Waals surface area contributed by atoms with Gasteiger partial charge in [-0.25, -0.2) is 8.78 Å². The van der Waals surface area contributed by atoms with E-state index in [1.54, 1.807) is 0 Å². The maximum atomic E-state index is 12.6. The van der Waals surface area contributed by atoms with Crippen LogP contribution >= 0.6 is 0 Å². The minimum atomic E-state index is -5.06. The van der Waals surface area contributed by atoms with Crippen molar-refractivity contribution in [3.63, 3.8) is 0 Å². The Morgan fingerprint density at radius 1 is 0.850 bits per heavy atom. The monoisotopic (exact) mass is 307 g/mol. The van der Waals surface area contributed by atoms with Crippen molar-refractivity contribution >= 4 is 0 Å². The number of rotatable bonds is 3. The third-order valence-electron chi connectivity index (χ3n) is 2.53. The number of benzene rings is 1. The number of nitrogens with one attached hydrogen (secondary N) is 1. The summed E-state index contributed by atoms with van der Waals surface area (Å²) in [7, 11) is 1.02. The first-order valence-corrected chi connectivity index (χ1v) is 5.21. The van der Waals surface area contributed by atoms with Crippen LogP contribution < -0.4 is 5.32 Å². The molecule has 1 aromatic carbocycles. The topological polar surface area (TPSA) is 12.0 Å². The molecule has 0 radical (unpaired) electrons. The standard InChI is InChI=1S/C11H9F8N/c1-20-8(9(12)13)5-2-6(10(14,15)16)4-7(3-5)11(17,18)19/h2-4,8-9,20H,1H3. The average Bonchev–Trinajstić information content (AvgIpc) is 2.26. The fourth-order valence-corrected chi connectivity index (χ4v) is 1.60. The van der Waals surface area contributed by atoms with Crippen molar-refractivity contribution in [1.82, 2.24) is 5.32 Å². The van der Waals surface area contributed by atoms with E-state index in [-0.39, 0.29) is 18.2 Å². The normalized spacial score (nSPS) is 14.7. The maximum absolute atomic E-state index is 12.6. The molecule has 114 valence electrons. The van der Waals surface area contributed by atoms with Gasteiger partial charge in [-0.2, -0.15) is 26.3 Å². The Labute approximate surface area is 108 Å². The van der Waals surface area contributed by atoms with Crippen LogP contribution in [-0.4, -0.2) is 13.5 Å². The van der Waals surface area contributed by atoms with E-state index in [2.05, 4.69) is 0 Å². The van der Waals surface area contributed by atoms with Crippen LogP contribution in [-0.2, 0) is 12.4 Å². The lowest BCUT2D eigenvalue weighted by atomic mass is 10.00. The summed E-state index contributed by atoms with van der Waals surface area (Å²) in [5.41, 5.74) is -4.02. The Bertz CT molecular complexity index is 430. The average molecular weight is 307 g/mol. The molecule has 1 N–H and O–H groups in total.